The number of amides is 1. The molecule has 1 heterocycles. The maximum Gasteiger partial charge on any atom is 0.337 e. The number of esters is 1. The number of rotatable bonds is 5. The van der Waals surface area contributed by atoms with Crippen LogP contribution in [0.4, 0.5) is 25.8 Å². The molecule has 0 radical (unpaired) electrons. The molecule has 1 aromatic heterocycles. The molecule has 0 saturated carbocycles. The summed E-state index contributed by atoms with van der Waals surface area (Å²) in [5, 5.41) is 5.23. The third-order valence-corrected chi connectivity index (χ3v) is 3.79. The third-order valence-electron chi connectivity index (χ3n) is 3.79. The van der Waals surface area contributed by atoms with Crippen molar-refractivity contribution < 1.29 is 23.1 Å². The van der Waals surface area contributed by atoms with E-state index in [0.717, 1.165) is 12.1 Å². The van der Waals surface area contributed by atoms with E-state index in [0.29, 0.717) is 16.9 Å². The van der Waals surface area contributed by atoms with Crippen molar-refractivity contribution in [2.24, 2.45) is 0 Å². The van der Waals surface area contributed by atoms with Gasteiger partial charge in [-0.05, 0) is 48.5 Å². The molecule has 0 aliphatic rings. The molecule has 142 valence electrons. The first-order chi connectivity index (χ1) is 13.5. The third kappa shape index (κ3) is 4.29. The fourth-order valence-electron chi connectivity index (χ4n) is 2.40. The predicted octanol–water partition coefficient (Wildman–Crippen LogP) is 4.14. The van der Waals surface area contributed by atoms with Crippen LogP contribution in [0.5, 0.6) is 0 Å². The number of hydrogen-bond donors (Lipinski definition) is 2. The molecular weight excluding hydrogens is 368 g/mol. The molecule has 8 heteroatoms. The summed E-state index contributed by atoms with van der Waals surface area (Å²) in [6.07, 6.45) is 1.39. The quantitative estimate of drug-likeness (QED) is 0.647. The highest BCUT2D eigenvalue weighted by Gasteiger charge is 2.15. The van der Waals surface area contributed by atoms with Crippen LogP contribution < -0.4 is 10.6 Å². The van der Waals surface area contributed by atoms with Crippen molar-refractivity contribution in [3.05, 3.63) is 83.7 Å². The number of halogens is 2. The van der Waals surface area contributed by atoms with E-state index in [9.17, 15) is 18.4 Å². The maximum absolute atomic E-state index is 13.7. The molecule has 0 spiro atoms. The number of carbonyl (C=O) groups is 2. The minimum Gasteiger partial charge on any atom is -0.465 e. The second-order valence-corrected chi connectivity index (χ2v) is 5.67. The van der Waals surface area contributed by atoms with Gasteiger partial charge in [0.15, 0.2) is 0 Å². The zero-order valence-corrected chi connectivity index (χ0v) is 14.7. The van der Waals surface area contributed by atoms with Crippen LogP contribution in [0.15, 0.2) is 60.8 Å². The van der Waals surface area contributed by atoms with Gasteiger partial charge in [0, 0.05) is 17.6 Å². The van der Waals surface area contributed by atoms with Crippen molar-refractivity contribution in [1.29, 1.82) is 0 Å². The van der Waals surface area contributed by atoms with E-state index in [1.165, 1.54) is 25.4 Å². The highest BCUT2D eigenvalue weighted by atomic mass is 19.1. The van der Waals surface area contributed by atoms with Crippen LogP contribution in [0.3, 0.4) is 0 Å². The van der Waals surface area contributed by atoms with E-state index in [2.05, 4.69) is 20.4 Å². The molecule has 1 amide bonds. The zero-order valence-electron chi connectivity index (χ0n) is 14.7. The second-order valence-electron chi connectivity index (χ2n) is 5.67. The Morgan fingerprint density at radius 3 is 2.29 bits per heavy atom. The van der Waals surface area contributed by atoms with Crippen molar-refractivity contribution in [2.75, 3.05) is 17.7 Å². The van der Waals surface area contributed by atoms with Gasteiger partial charge in [0.2, 0.25) is 0 Å². The second kappa shape index (κ2) is 8.26. The lowest BCUT2D eigenvalue weighted by Gasteiger charge is -2.10. The molecule has 0 unspecified atom stereocenters. The highest BCUT2D eigenvalue weighted by Crippen LogP contribution is 2.21. The Hall–Kier alpha value is -3.81. The standard InChI is InChI=1S/C20H15F2N3O3/c1-28-20(27)12-5-7-13(8-6-12)24-14-9-10-23-17(11-14)19(26)25-18-15(21)3-2-4-16(18)22/h2-11H,1H3,(H,23,24)(H,25,26). The number of nitrogens with zero attached hydrogens (tertiary/aromatic N) is 1. The average Bonchev–Trinajstić information content (AvgIpc) is 2.71. The highest BCUT2D eigenvalue weighted by molar-refractivity contribution is 6.03. The summed E-state index contributed by atoms with van der Waals surface area (Å²) in [5.74, 6) is -2.97. The van der Waals surface area contributed by atoms with Crippen LogP contribution in [-0.2, 0) is 4.74 Å². The Morgan fingerprint density at radius 2 is 1.64 bits per heavy atom. The van der Waals surface area contributed by atoms with Crippen molar-refractivity contribution in [2.45, 2.75) is 0 Å². The largest absolute Gasteiger partial charge is 0.465 e. The van der Waals surface area contributed by atoms with Crippen LogP contribution in [0.25, 0.3) is 0 Å². The molecule has 0 aliphatic carbocycles. The number of aromatic nitrogens is 1. The first-order valence-corrected chi connectivity index (χ1v) is 8.15. The van der Waals surface area contributed by atoms with Gasteiger partial charge >= 0.3 is 5.97 Å². The van der Waals surface area contributed by atoms with Crippen molar-refractivity contribution >= 4 is 28.9 Å². The van der Waals surface area contributed by atoms with E-state index in [-0.39, 0.29) is 5.69 Å². The zero-order chi connectivity index (χ0) is 20.1. The normalized spacial score (nSPS) is 10.2. The fraction of sp³-hybridized carbons (Fsp3) is 0.0500. The SMILES string of the molecule is COC(=O)c1ccc(Nc2ccnc(C(=O)Nc3c(F)cccc3F)c2)cc1. The molecular formula is C20H15F2N3O3. The maximum atomic E-state index is 13.7. The summed E-state index contributed by atoms with van der Waals surface area (Å²) in [5.41, 5.74) is 1.02. The minimum atomic E-state index is -0.881. The van der Waals surface area contributed by atoms with Crippen LogP contribution in [-0.4, -0.2) is 24.0 Å². The molecule has 0 bridgehead atoms. The van der Waals surface area contributed by atoms with Crippen LogP contribution in [0.1, 0.15) is 20.8 Å². The molecule has 0 saturated heterocycles. The first-order valence-electron chi connectivity index (χ1n) is 8.15. The van der Waals surface area contributed by atoms with Crippen LogP contribution in [0.2, 0.25) is 0 Å². The lowest BCUT2D eigenvalue weighted by Crippen LogP contribution is -2.16. The van der Waals surface area contributed by atoms with E-state index in [1.54, 1.807) is 30.3 Å². The average molecular weight is 383 g/mol. The summed E-state index contributed by atoms with van der Waals surface area (Å²) >= 11 is 0. The van der Waals surface area contributed by atoms with Gasteiger partial charge in [0.25, 0.3) is 5.91 Å². The van der Waals surface area contributed by atoms with E-state index >= 15 is 0 Å². The number of para-hydroxylation sites is 1. The monoisotopic (exact) mass is 383 g/mol. The van der Waals surface area contributed by atoms with Gasteiger partial charge in [-0.15, -0.1) is 0 Å². The number of nitrogens with one attached hydrogen (secondary N) is 2. The Bertz CT molecular complexity index is 1000. The smallest absolute Gasteiger partial charge is 0.337 e. The first kappa shape index (κ1) is 19.0. The number of ether oxygens (including phenoxy) is 1. The number of benzene rings is 2. The van der Waals surface area contributed by atoms with Gasteiger partial charge in [0.05, 0.1) is 12.7 Å². The summed E-state index contributed by atoms with van der Waals surface area (Å²) in [7, 11) is 1.30. The molecule has 2 aromatic carbocycles. The lowest BCUT2D eigenvalue weighted by atomic mass is 10.2. The number of pyridine rings is 1. The lowest BCUT2D eigenvalue weighted by molar-refractivity contribution is 0.0600. The van der Waals surface area contributed by atoms with Gasteiger partial charge in [-0.25, -0.2) is 13.6 Å². The fourth-order valence-corrected chi connectivity index (χ4v) is 2.40. The van der Waals surface area contributed by atoms with Gasteiger partial charge in [-0.3, -0.25) is 9.78 Å². The summed E-state index contributed by atoms with van der Waals surface area (Å²) < 4.78 is 32.0. The molecule has 0 aliphatic heterocycles. The Labute approximate surface area is 159 Å². The number of carbonyl (C=O) groups excluding carboxylic acids is 2. The number of anilines is 3. The Kier molecular flexibility index (Phi) is 5.59. The van der Waals surface area contributed by atoms with Crippen molar-refractivity contribution in [3.63, 3.8) is 0 Å². The molecule has 0 fully saturated rings. The molecule has 2 N–H and O–H groups in total. The van der Waals surface area contributed by atoms with Crippen LogP contribution in [0, 0.1) is 11.6 Å². The van der Waals surface area contributed by atoms with Crippen molar-refractivity contribution in [3.8, 4) is 0 Å². The molecule has 0 atom stereocenters. The van der Waals surface area contributed by atoms with E-state index < -0.39 is 29.2 Å². The molecule has 3 aromatic rings. The van der Waals surface area contributed by atoms with Gasteiger partial charge in [0.1, 0.15) is 23.0 Å². The summed E-state index contributed by atoms with van der Waals surface area (Å²) in [6, 6.07) is 12.9. The summed E-state index contributed by atoms with van der Waals surface area (Å²) in [6.45, 7) is 0. The minimum absolute atomic E-state index is 0.0289. The summed E-state index contributed by atoms with van der Waals surface area (Å²) in [4.78, 5) is 27.7. The molecule has 6 nitrogen and oxygen atoms in total. The van der Waals surface area contributed by atoms with Crippen LogP contribution >= 0.6 is 0 Å². The topological polar surface area (TPSA) is 80.3 Å². The van der Waals surface area contributed by atoms with Gasteiger partial charge in [-0.1, -0.05) is 6.07 Å². The van der Waals surface area contributed by atoms with Gasteiger partial charge < -0.3 is 15.4 Å². The van der Waals surface area contributed by atoms with Gasteiger partial charge in [-0.2, -0.15) is 0 Å². The van der Waals surface area contributed by atoms with Crippen molar-refractivity contribution in [1.82, 2.24) is 4.98 Å². The predicted molar refractivity (Wildman–Crippen MR) is 99.6 cm³/mol. The van der Waals surface area contributed by atoms with E-state index in [1.807, 2.05) is 0 Å². The number of methoxy groups -OCH3 is 1. The Morgan fingerprint density at radius 1 is 0.964 bits per heavy atom. The number of hydrogen-bond acceptors (Lipinski definition) is 5. The molecule has 28 heavy (non-hydrogen) atoms. The Balaban J connectivity index is 1.75. The molecule has 3 rings (SSSR count). The van der Waals surface area contributed by atoms with E-state index in [4.69, 9.17) is 0 Å².